The van der Waals surface area contributed by atoms with Crippen LogP contribution < -0.4 is 0 Å². The van der Waals surface area contributed by atoms with Crippen molar-refractivity contribution in [2.45, 2.75) is 19.8 Å². The molecule has 88 valence electrons. The van der Waals surface area contributed by atoms with Crippen LogP contribution in [0.15, 0.2) is 30.5 Å². The van der Waals surface area contributed by atoms with Crippen LogP contribution in [0.1, 0.15) is 17.7 Å². The van der Waals surface area contributed by atoms with Gasteiger partial charge in [0.25, 0.3) is 11.8 Å². The lowest BCUT2D eigenvalue weighted by atomic mass is 10.1. The molecule has 1 aromatic rings. The van der Waals surface area contributed by atoms with E-state index in [-0.39, 0.29) is 11.8 Å². The smallest absolute Gasteiger partial charge is 0.253 e. The van der Waals surface area contributed by atoms with Gasteiger partial charge in [-0.2, -0.15) is 0 Å². The molecule has 0 aromatic carbocycles. The number of aryl methyl sites for hydroxylation is 2. The van der Waals surface area contributed by atoms with E-state index in [1.165, 1.54) is 17.1 Å². The number of aromatic nitrogens is 1. The van der Waals surface area contributed by atoms with Gasteiger partial charge in [0.2, 0.25) is 0 Å². The van der Waals surface area contributed by atoms with Crippen molar-refractivity contribution in [2.75, 3.05) is 6.54 Å². The van der Waals surface area contributed by atoms with Crippen LogP contribution >= 0.6 is 0 Å². The van der Waals surface area contributed by atoms with Gasteiger partial charge in [0, 0.05) is 30.6 Å². The fourth-order valence-electron chi connectivity index (χ4n) is 1.74. The molecule has 2 rings (SSSR count). The molecule has 1 aromatic heterocycles. The summed E-state index contributed by atoms with van der Waals surface area (Å²) in [7, 11) is 0. The van der Waals surface area contributed by atoms with Crippen molar-refractivity contribution in [2.24, 2.45) is 0 Å². The molecule has 4 heteroatoms. The zero-order valence-corrected chi connectivity index (χ0v) is 9.72. The van der Waals surface area contributed by atoms with Crippen LogP contribution in [0.25, 0.3) is 0 Å². The minimum Gasteiger partial charge on any atom is -0.275 e. The highest BCUT2D eigenvalue weighted by atomic mass is 16.2. The highest BCUT2D eigenvalue weighted by Crippen LogP contribution is 2.07. The minimum atomic E-state index is -0.211. The number of imide groups is 1. The van der Waals surface area contributed by atoms with Gasteiger partial charge in [0.15, 0.2) is 0 Å². The highest BCUT2D eigenvalue weighted by Gasteiger charge is 2.22. The van der Waals surface area contributed by atoms with E-state index in [1.807, 2.05) is 25.3 Å². The molecule has 0 aliphatic carbocycles. The molecule has 0 spiro atoms. The van der Waals surface area contributed by atoms with Gasteiger partial charge in [-0.25, -0.2) is 0 Å². The summed E-state index contributed by atoms with van der Waals surface area (Å²) in [5.74, 6) is -0.422. The van der Waals surface area contributed by atoms with E-state index in [1.54, 1.807) is 0 Å². The lowest BCUT2D eigenvalue weighted by molar-refractivity contribution is -0.136. The summed E-state index contributed by atoms with van der Waals surface area (Å²) in [6, 6.07) is 3.98. The van der Waals surface area contributed by atoms with Gasteiger partial charge in [0.05, 0.1) is 0 Å². The zero-order chi connectivity index (χ0) is 12.3. The summed E-state index contributed by atoms with van der Waals surface area (Å²) in [6.07, 6.45) is 6.06. The molecule has 0 N–H and O–H groups in total. The Labute approximate surface area is 100.0 Å². The number of carbonyl (C=O) groups is 2. The number of nitrogens with zero attached hydrogens (tertiary/aromatic N) is 2. The van der Waals surface area contributed by atoms with Crippen molar-refractivity contribution in [1.29, 1.82) is 0 Å². The first-order valence-electron chi connectivity index (χ1n) is 5.62. The molecule has 17 heavy (non-hydrogen) atoms. The first-order valence-corrected chi connectivity index (χ1v) is 5.62. The topological polar surface area (TPSA) is 50.3 Å². The number of carbonyl (C=O) groups excluding carboxylic acids is 2. The van der Waals surface area contributed by atoms with Crippen LogP contribution in [0.4, 0.5) is 0 Å². The van der Waals surface area contributed by atoms with Gasteiger partial charge in [-0.3, -0.25) is 19.5 Å². The molecule has 2 amide bonds. The third kappa shape index (κ3) is 2.78. The van der Waals surface area contributed by atoms with E-state index in [9.17, 15) is 9.59 Å². The lowest BCUT2D eigenvalue weighted by Crippen LogP contribution is -2.31. The molecule has 0 bridgehead atoms. The van der Waals surface area contributed by atoms with Crippen LogP contribution in [0, 0.1) is 6.92 Å². The lowest BCUT2D eigenvalue weighted by Gasteiger charge is -2.13. The Balaban J connectivity index is 1.82. The van der Waals surface area contributed by atoms with E-state index in [0.717, 1.165) is 24.1 Å². The molecule has 0 saturated carbocycles. The third-order valence-electron chi connectivity index (χ3n) is 2.72. The molecule has 1 aliphatic rings. The summed E-state index contributed by atoms with van der Waals surface area (Å²) in [4.78, 5) is 28.0. The van der Waals surface area contributed by atoms with Crippen molar-refractivity contribution in [3.05, 3.63) is 41.7 Å². The predicted octanol–water partition coefficient (Wildman–Crippen LogP) is 1.25. The standard InChI is InChI=1S/C13H14N2O2/c1-10-4-5-11(9-14-10)3-2-8-15-12(16)6-7-13(15)17/h4-7,9H,2-3,8H2,1H3. The number of amides is 2. The Kier molecular flexibility index (Phi) is 3.32. The second kappa shape index (κ2) is 4.91. The maximum atomic E-state index is 11.3. The fourth-order valence-corrected chi connectivity index (χ4v) is 1.74. The third-order valence-corrected chi connectivity index (χ3v) is 2.72. The molecular weight excluding hydrogens is 216 g/mol. The van der Waals surface area contributed by atoms with Gasteiger partial charge >= 0.3 is 0 Å². The van der Waals surface area contributed by atoms with Crippen molar-refractivity contribution in [3.8, 4) is 0 Å². The largest absolute Gasteiger partial charge is 0.275 e. The van der Waals surface area contributed by atoms with Crippen molar-refractivity contribution in [3.63, 3.8) is 0 Å². The number of hydrogen-bond donors (Lipinski definition) is 0. The Morgan fingerprint density at radius 1 is 1.18 bits per heavy atom. The SMILES string of the molecule is Cc1ccc(CCCN2C(=O)C=CC2=O)cn1. The van der Waals surface area contributed by atoms with Crippen LogP contribution in [0.2, 0.25) is 0 Å². The normalized spacial score (nSPS) is 14.8. The second-order valence-corrected chi connectivity index (χ2v) is 4.07. The summed E-state index contributed by atoms with van der Waals surface area (Å²) < 4.78 is 0. The maximum Gasteiger partial charge on any atom is 0.253 e. The van der Waals surface area contributed by atoms with E-state index in [4.69, 9.17) is 0 Å². The van der Waals surface area contributed by atoms with Crippen LogP contribution in [-0.2, 0) is 16.0 Å². The number of rotatable bonds is 4. The molecule has 2 heterocycles. The van der Waals surface area contributed by atoms with Crippen molar-refractivity contribution >= 4 is 11.8 Å². The first-order chi connectivity index (χ1) is 8.16. The molecule has 1 aliphatic heterocycles. The molecule has 0 atom stereocenters. The second-order valence-electron chi connectivity index (χ2n) is 4.07. The van der Waals surface area contributed by atoms with Crippen LogP contribution in [0.3, 0.4) is 0 Å². The van der Waals surface area contributed by atoms with Crippen LogP contribution in [0.5, 0.6) is 0 Å². The summed E-state index contributed by atoms with van der Waals surface area (Å²) in [6.45, 7) is 2.41. The van der Waals surface area contributed by atoms with Crippen molar-refractivity contribution < 1.29 is 9.59 Å². The highest BCUT2D eigenvalue weighted by molar-refractivity contribution is 6.12. The van der Waals surface area contributed by atoms with Gasteiger partial charge in [-0.15, -0.1) is 0 Å². The maximum absolute atomic E-state index is 11.3. The average molecular weight is 230 g/mol. The van der Waals surface area contributed by atoms with Crippen molar-refractivity contribution in [1.82, 2.24) is 9.88 Å². The Hall–Kier alpha value is -1.97. The van der Waals surface area contributed by atoms with Crippen LogP contribution in [-0.4, -0.2) is 28.2 Å². The van der Waals surface area contributed by atoms with E-state index < -0.39 is 0 Å². The summed E-state index contributed by atoms with van der Waals surface area (Å²) in [5.41, 5.74) is 2.12. The molecule has 4 nitrogen and oxygen atoms in total. The first kappa shape index (κ1) is 11.5. The Bertz CT molecular complexity index is 445. The average Bonchev–Trinajstić information content (AvgIpc) is 2.63. The summed E-state index contributed by atoms with van der Waals surface area (Å²) in [5, 5.41) is 0. The monoisotopic (exact) mass is 230 g/mol. The van der Waals surface area contributed by atoms with E-state index in [2.05, 4.69) is 4.98 Å². The Morgan fingerprint density at radius 2 is 1.88 bits per heavy atom. The molecule has 0 saturated heterocycles. The summed E-state index contributed by atoms with van der Waals surface area (Å²) >= 11 is 0. The number of pyridine rings is 1. The minimum absolute atomic E-state index is 0.211. The zero-order valence-electron chi connectivity index (χ0n) is 9.72. The molecular formula is C13H14N2O2. The molecule has 0 radical (unpaired) electrons. The molecule has 0 fully saturated rings. The number of hydrogen-bond acceptors (Lipinski definition) is 3. The van der Waals surface area contributed by atoms with Gasteiger partial charge in [0.1, 0.15) is 0 Å². The van der Waals surface area contributed by atoms with E-state index >= 15 is 0 Å². The Morgan fingerprint density at radius 3 is 2.47 bits per heavy atom. The predicted molar refractivity (Wildman–Crippen MR) is 63.2 cm³/mol. The van der Waals surface area contributed by atoms with Gasteiger partial charge in [-0.1, -0.05) is 6.07 Å². The van der Waals surface area contributed by atoms with Gasteiger partial charge < -0.3 is 0 Å². The van der Waals surface area contributed by atoms with E-state index in [0.29, 0.717) is 6.54 Å². The quantitative estimate of drug-likeness (QED) is 0.731. The fraction of sp³-hybridized carbons (Fsp3) is 0.308. The van der Waals surface area contributed by atoms with Gasteiger partial charge in [-0.05, 0) is 31.4 Å². The molecule has 0 unspecified atom stereocenters.